The van der Waals surface area contributed by atoms with Gasteiger partial charge in [-0.1, -0.05) is 12.2 Å². The van der Waals surface area contributed by atoms with E-state index >= 15 is 0 Å². The molecule has 0 bridgehead atoms. The van der Waals surface area contributed by atoms with E-state index in [-0.39, 0.29) is 0 Å². The summed E-state index contributed by atoms with van der Waals surface area (Å²) in [5.41, 5.74) is 5.31. The van der Waals surface area contributed by atoms with Crippen molar-refractivity contribution >= 4 is 0 Å². The average Bonchev–Trinajstić information content (AvgIpc) is 2.06. The molecule has 0 amide bonds. The van der Waals surface area contributed by atoms with Crippen LogP contribution in [0.4, 0.5) is 0 Å². The van der Waals surface area contributed by atoms with Gasteiger partial charge in [-0.2, -0.15) is 0 Å². The van der Waals surface area contributed by atoms with Crippen LogP contribution in [0.3, 0.4) is 0 Å². The fraction of sp³-hybridized carbons (Fsp3) is 0.778. The van der Waals surface area contributed by atoms with Crippen LogP contribution in [-0.4, -0.2) is 44.8 Å². The summed E-state index contributed by atoms with van der Waals surface area (Å²) in [5, 5.41) is 0. The molecule has 0 saturated carbocycles. The van der Waals surface area contributed by atoms with Crippen molar-refractivity contribution in [3.8, 4) is 0 Å². The molecular formula is C9H20N2O. The van der Waals surface area contributed by atoms with Crippen LogP contribution in [0.2, 0.25) is 0 Å². The molecule has 0 spiro atoms. The van der Waals surface area contributed by atoms with Gasteiger partial charge in [0.25, 0.3) is 0 Å². The van der Waals surface area contributed by atoms with E-state index in [0.717, 1.165) is 26.3 Å². The summed E-state index contributed by atoms with van der Waals surface area (Å²) < 4.78 is 5.22. The lowest BCUT2D eigenvalue weighted by atomic mass is 10.4. The molecular weight excluding hydrogens is 152 g/mol. The normalized spacial score (nSPS) is 11.7. The molecule has 0 fully saturated rings. The Kier molecular flexibility index (Phi) is 8.44. The fourth-order valence-corrected chi connectivity index (χ4v) is 0.807. The van der Waals surface area contributed by atoms with Gasteiger partial charge in [0.1, 0.15) is 0 Å². The lowest BCUT2D eigenvalue weighted by Gasteiger charge is -2.13. The summed E-state index contributed by atoms with van der Waals surface area (Å²) in [7, 11) is 2.07. The Morgan fingerprint density at radius 3 is 2.75 bits per heavy atom. The Labute approximate surface area is 75.2 Å². The van der Waals surface area contributed by atoms with Crippen LogP contribution < -0.4 is 5.73 Å². The number of hydrogen-bond acceptors (Lipinski definition) is 3. The van der Waals surface area contributed by atoms with E-state index in [1.165, 1.54) is 0 Å². The standard InChI is InChI=1S/C9H20N2O/c1-3-12-9-8-11(2)7-5-4-6-10/h4-5H,3,6-10H2,1-2H3/b5-4+. The second kappa shape index (κ2) is 8.71. The SMILES string of the molecule is CCOCCN(C)C/C=C/CN. The van der Waals surface area contributed by atoms with Gasteiger partial charge >= 0.3 is 0 Å². The van der Waals surface area contributed by atoms with Crippen molar-refractivity contribution in [1.29, 1.82) is 0 Å². The number of nitrogens with two attached hydrogens (primary N) is 1. The predicted molar refractivity (Wildman–Crippen MR) is 52.2 cm³/mol. The van der Waals surface area contributed by atoms with Crippen molar-refractivity contribution in [3.05, 3.63) is 12.2 Å². The Hall–Kier alpha value is -0.380. The fourth-order valence-electron chi connectivity index (χ4n) is 0.807. The van der Waals surface area contributed by atoms with Crippen LogP contribution in [0.15, 0.2) is 12.2 Å². The minimum Gasteiger partial charge on any atom is -0.380 e. The van der Waals surface area contributed by atoms with Crippen LogP contribution in [0.5, 0.6) is 0 Å². The van der Waals surface area contributed by atoms with Crippen molar-refractivity contribution in [3.63, 3.8) is 0 Å². The highest BCUT2D eigenvalue weighted by Crippen LogP contribution is 1.84. The maximum absolute atomic E-state index is 5.31. The van der Waals surface area contributed by atoms with Gasteiger partial charge in [-0.05, 0) is 14.0 Å². The van der Waals surface area contributed by atoms with Crippen LogP contribution in [-0.2, 0) is 4.74 Å². The topological polar surface area (TPSA) is 38.5 Å². The maximum atomic E-state index is 5.31. The Bertz CT molecular complexity index is 115. The summed E-state index contributed by atoms with van der Waals surface area (Å²) in [5.74, 6) is 0. The number of ether oxygens (including phenoxy) is 1. The Morgan fingerprint density at radius 2 is 2.17 bits per heavy atom. The first-order valence-electron chi connectivity index (χ1n) is 4.42. The molecule has 3 nitrogen and oxygen atoms in total. The molecule has 0 aliphatic rings. The van der Waals surface area contributed by atoms with Crippen molar-refractivity contribution in [2.24, 2.45) is 5.73 Å². The summed E-state index contributed by atoms with van der Waals surface area (Å²) in [6, 6.07) is 0. The van der Waals surface area contributed by atoms with Crippen LogP contribution in [0, 0.1) is 0 Å². The predicted octanol–water partition coefficient (Wildman–Crippen LogP) is 0.470. The van der Waals surface area contributed by atoms with Gasteiger partial charge in [0.2, 0.25) is 0 Å². The molecule has 0 aliphatic heterocycles. The molecule has 0 radical (unpaired) electrons. The van der Waals surface area contributed by atoms with Crippen molar-refractivity contribution in [2.45, 2.75) is 6.92 Å². The zero-order valence-electron chi connectivity index (χ0n) is 8.12. The van der Waals surface area contributed by atoms with Gasteiger partial charge < -0.3 is 15.4 Å². The monoisotopic (exact) mass is 172 g/mol. The van der Waals surface area contributed by atoms with E-state index in [4.69, 9.17) is 10.5 Å². The third-order valence-corrected chi connectivity index (χ3v) is 1.54. The van der Waals surface area contributed by atoms with Crippen LogP contribution >= 0.6 is 0 Å². The lowest BCUT2D eigenvalue weighted by molar-refractivity contribution is 0.125. The second-order valence-electron chi connectivity index (χ2n) is 2.67. The summed E-state index contributed by atoms with van der Waals surface area (Å²) >= 11 is 0. The highest BCUT2D eigenvalue weighted by molar-refractivity contribution is 4.84. The summed E-state index contributed by atoms with van der Waals surface area (Å²) in [4.78, 5) is 2.20. The highest BCUT2D eigenvalue weighted by atomic mass is 16.5. The van der Waals surface area contributed by atoms with E-state index in [1.54, 1.807) is 0 Å². The molecule has 0 saturated heterocycles. The van der Waals surface area contributed by atoms with Crippen molar-refractivity contribution in [2.75, 3.05) is 39.9 Å². The quantitative estimate of drug-likeness (QED) is 0.448. The minimum absolute atomic E-state index is 0.624. The van der Waals surface area contributed by atoms with Gasteiger partial charge in [0.05, 0.1) is 6.61 Å². The summed E-state index contributed by atoms with van der Waals surface area (Å²) in [6.45, 7) is 6.16. The third-order valence-electron chi connectivity index (χ3n) is 1.54. The van der Waals surface area contributed by atoms with Gasteiger partial charge in [0.15, 0.2) is 0 Å². The van der Waals surface area contributed by atoms with Crippen molar-refractivity contribution in [1.82, 2.24) is 4.90 Å². The van der Waals surface area contributed by atoms with E-state index in [0.29, 0.717) is 6.54 Å². The Balaban J connectivity index is 3.21. The van der Waals surface area contributed by atoms with Crippen LogP contribution in [0.25, 0.3) is 0 Å². The molecule has 0 aromatic carbocycles. The van der Waals surface area contributed by atoms with E-state index in [2.05, 4.69) is 18.0 Å². The minimum atomic E-state index is 0.624. The lowest BCUT2D eigenvalue weighted by Crippen LogP contribution is -2.23. The first-order valence-corrected chi connectivity index (χ1v) is 4.42. The number of hydrogen-bond donors (Lipinski definition) is 1. The van der Waals surface area contributed by atoms with E-state index in [9.17, 15) is 0 Å². The van der Waals surface area contributed by atoms with Crippen LogP contribution in [0.1, 0.15) is 6.92 Å². The second-order valence-corrected chi connectivity index (χ2v) is 2.67. The zero-order valence-corrected chi connectivity index (χ0v) is 8.12. The first-order chi connectivity index (χ1) is 5.81. The van der Waals surface area contributed by atoms with Crippen molar-refractivity contribution < 1.29 is 4.74 Å². The van der Waals surface area contributed by atoms with Gasteiger partial charge in [-0.25, -0.2) is 0 Å². The first kappa shape index (κ1) is 11.6. The number of likely N-dealkylation sites (N-methyl/N-ethyl adjacent to an activating group) is 1. The molecule has 0 unspecified atom stereocenters. The van der Waals surface area contributed by atoms with Gasteiger partial charge in [-0.15, -0.1) is 0 Å². The molecule has 0 aromatic heterocycles. The van der Waals surface area contributed by atoms with Gasteiger partial charge in [0, 0.05) is 26.2 Å². The van der Waals surface area contributed by atoms with E-state index in [1.807, 2.05) is 13.0 Å². The Morgan fingerprint density at radius 1 is 1.42 bits per heavy atom. The largest absolute Gasteiger partial charge is 0.380 e. The molecule has 2 N–H and O–H groups in total. The molecule has 12 heavy (non-hydrogen) atoms. The molecule has 0 atom stereocenters. The zero-order chi connectivity index (χ0) is 9.23. The average molecular weight is 172 g/mol. The number of nitrogens with zero attached hydrogens (tertiary/aromatic N) is 1. The maximum Gasteiger partial charge on any atom is 0.0593 e. The third kappa shape index (κ3) is 7.72. The number of rotatable bonds is 7. The highest BCUT2D eigenvalue weighted by Gasteiger charge is 1.93. The molecule has 0 heterocycles. The molecule has 0 aromatic rings. The molecule has 3 heteroatoms. The summed E-state index contributed by atoms with van der Waals surface area (Å²) in [6.07, 6.45) is 4.04. The molecule has 72 valence electrons. The molecule has 0 rings (SSSR count). The molecule has 0 aliphatic carbocycles. The van der Waals surface area contributed by atoms with E-state index < -0.39 is 0 Å². The van der Waals surface area contributed by atoms with Gasteiger partial charge in [-0.3, -0.25) is 0 Å². The smallest absolute Gasteiger partial charge is 0.0593 e.